The fourth-order valence-corrected chi connectivity index (χ4v) is 1.24. The highest BCUT2D eigenvalue weighted by molar-refractivity contribution is 5.81. The van der Waals surface area contributed by atoms with Crippen LogP contribution in [0.3, 0.4) is 0 Å². The number of esters is 1. The minimum atomic E-state index is -0.716. The topological polar surface area (TPSA) is 49.8 Å². The maximum atomic E-state index is 10.9. The molecule has 0 radical (unpaired) electrons. The Balaban J connectivity index is 3.80. The summed E-state index contributed by atoms with van der Waals surface area (Å²) >= 11 is 0. The van der Waals surface area contributed by atoms with Crippen LogP contribution in [0.5, 0.6) is 0 Å². The van der Waals surface area contributed by atoms with Gasteiger partial charge in [0.1, 0.15) is 0 Å². The summed E-state index contributed by atoms with van der Waals surface area (Å²) in [6, 6.07) is 0. The molecule has 4 heteroatoms. The number of aliphatic hydroxyl groups is 1. The summed E-state index contributed by atoms with van der Waals surface area (Å²) in [5.74, 6) is -0.325. The van der Waals surface area contributed by atoms with Gasteiger partial charge in [-0.2, -0.15) is 0 Å². The van der Waals surface area contributed by atoms with E-state index in [1.807, 2.05) is 11.9 Å². The Morgan fingerprint density at radius 2 is 2.13 bits per heavy atom. The van der Waals surface area contributed by atoms with Crippen LogP contribution in [0, 0.1) is 0 Å². The molecule has 0 rings (SSSR count). The molecule has 0 atom stereocenters. The van der Waals surface area contributed by atoms with Gasteiger partial charge in [0.2, 0.25) is 0 Å². The van der Waals surface area contributed by atoms with Crippen LogP contribution in [-0.2, 0) is 9.53 Å². The molecule has 0 aliphatic rings. The monoisotopic (exact) mass is 215 g/mol. The summed E-state index contributed by atoms with van der Waals surface area (Å²) in [6.07, 6.45) is 3.13. The van der Waals surface area contributed by atoms with Crippen LogP contribution in [0.15, 0.2) is 12.2 Å². The molecule has 0 amide bonds. The van der Waals surface area contributed by atoms with Crippen LogP contribution in [0.4, 0.5) is 0 Å². The van der Waals surface area contributed by atoms with Crippen molar-refractivity contribution in [3.63, 3.8) is 0 Å². The van der Waals surface area contributed by atoms with Crippen LogP contribution in [0.1, 0.15) is 20.8 Å². The molecular weight excluding hydrogens is 194 g/mol. The molecule has 0 spiro atoms. The Hall–Kier alpha value is -0.870. The largest absolute Gasteiger partial charge is 0.463 e. The number of carbonyl (C=O) groups is 1. The van der Waals surface area contributed by atoms with Gasteiger partial charge in [-0.1, -0.05) is 6.08 Å². The Morgan fingerprint density at radius 3 is 2.60 bits per heavy atom. The van der Waals surface area contributed by atoms with E-state index in [1.165, 1.54) is 6.08 Å². The maximum Gasteiger partial charge on any atom is 0.330 e. The van der Waals surface area contributed by atoms with Gasteiger partial charge in [-0.25, -0.2) is 4.79 Å². The van der Waals surface area contributed by atoms with Crippen LogP contribution < -0.4 is 0 Å². The Morgan fingerprint density at radius 1 is 1.53 bits per heavy atom. The number of nitrogens with zero attached hydrogens (tertiary/aromatic N) is 1. The van der Waals surface area contributed by atoms with Crippen molar-refractivity contribution in [3.8, 4) is 0 Å². The smallest absolute Gasteiger partial charge is 0.330 e. The zero-order valence-corrected chi connectivity index (χ0v) is 9.99. The molecule has 0 aliphatic carbocycles. The lowest BCUT2D eigenvalue weighted by Crippen LogP contribution is -2.36. The van der Waals surface area contributed by atoms with Gasteiger partial charge in [0, 0.05) is 19.2 Å². The molecule has 0 saturated heterocycles. The molecule has 0 bridgehead atoms. The van der Waals surface area contributed by atoms with Crippen molar-refractivity contribution in [2.24, 2.45) is 0 Å². The van der Waals surface area contributed by atoms with E-state index < -0.39 is 5.60 Å². The number of rotatable bonds is 6. The fraction of sp³-hybridized carbons (Fsp3) is 0.727. The van der Waals surface area contributed by atoms with Gasteiger partial charge in [0.25, 0.3) is 0 Å². The number of hydrogen-bond donors (Lipinski definition) is 1. The van der Waals surface area contributed by atoms with Crippen molar-refractivity contribution in [2.75, 3.05) is 26.7 Å². The summed E-state index contributed by atoms with van der Waals surface area (Å²) in [4.78, 5) is 12.9. The van der Waals surface area contributed by atoms with E-state index in [1.54, 1.807) is 26.8 Å². The van der Waals surface area contributed by atoms with E-state index >= 15 is 0 Å². The second-order valence-corrected chi connectivity index (χ2v) is 4.16. The highest BCUT2D eigenvalue weighted by atomic mass is 16.5. The van der Waals surface area contributed by atoms with E-state index in [4.69, 9.17) is 4.74 Å². The molecule has 15 heavy (non-hydrogen) atoms. The first-order valence-corrected chi connectivity index (χ1v) is 5.09. The van der Waals surface area contributed by atoms with Crippen molar-refractivity contribution in [3.05, 3.63) is 12.2 Å². The van der Waals surface area contributed by atoms with Crippen LogP contribution in [0.25, 0.3) is 0 Å². The summed E-state index contributed by atoms with van der Waals surface area (Å²) in [5.41, 5.74) is -0.716. The third-order valence-corrected chi connectivity index (χ3v) is 1.61. The van der Waals surface area contributed by atoms with Gasteiger partial charge in [0.05, 0.1) is 12.2 Å². The predicted octanol–water partition coefficient (Wildman–Crippen LogP) is 0.808. The Bertz CT molecular complexity index is 218. The molecule has 0 heterocycles. The minimum absolute atomic E-state index is 0.325. The van der Waals surface area contributed by atoms with Crippen molar-refractivity contribution in [1.29, 1.82) is 0 Å². The molecular formula is C11H21NO3. The molecule has 0 aromatic carbocycles. The maximum absolute atomic E-state index is 10.9. The first-order valence-electron chi connectivity index (χ1n) is 5.09. The molecule has 0 aliphatic heterocycles. The fourth-order valence-electron chi connectivity index (χ4n) is 1.24. The first-order chi connectivity index (χ1) is 6.85. The first kappa shape index (κ1) is 14.1. The summed E-state index contributed by atoms with van der Waals surface area (Å²) in [5, 5.41) is 9.52. The third kappa shape index (κ3) is 9.43. The summed E-state index contributed by atoms with van der Waals surface area (Å²) in [7, 11) is 1.88. The van der Waals surface area contributed by atoms with Crippen molar-refractivity contribution in [2.45, 2.75) is 26.4 Å². The van der Waals surface area contributed by atoms with Gasteiger partial charge in [-0.3, -0.25) is 4.90 Å². The lowest BCUT2D eigenvalue weighted by atomic mass is 10.1. The SMILES string of the molecule is CCOC(=O)/C=C/CN(C)CC(C)(C)O. The normalized spacial score (nSPS) is 12.4. The number of hydrogen-bond acceptors (Lipinski definition) is 4. The van der Waals surface area contributed by atoms with Gasteiger partial charge >= 0.3 is 5.97 Å². The minimum Gasteiger partial charge on any atom is -0.463 e. The quantitative estimate of drug-likeness (QED) is 0.526. The Kier molecular flexibility index (Phi) is 6.20. The lowest BCUT2D eigenvalue weighted by Gasteiger charge is -2.24. The highest BCUT2D eigenvalue weighted by Crippen LogP contribution is 2.02. The van der Waals surface area contributed by atoms with Gasteiger partial charge < -0.3 is 9.84 Å². The van der Waals surface area contributed by atoms with E-state index in [2.05, 4.69) is 0 Å². The van der Waals surface area contributed by atoms with E-state index in [-0.39, 0.29) is 5.97 Å². The second kappa shape index (κ2) is 6.58. The van der Waals surface area contributed by atoms with E-state index in [0.717, 1.165) is 0 Å². The van der Waals surface area contributed by atoms with E-state index in [0.29, 0.717) is 19.7 Å². The molecule has 0 aromatic heterocycles. The van der Waals surface area contributed by atoms with Gasteiger partial charge in [-0.05, 0) is 27.8 Å². The lowest BCUT2D eigenvalue weighted by molar-refractivity contribution is -0.137. The van der Waals surface area contributed by atoms with Crippen molar-refractivity contribution in [1.82, 2.24) is 4.90 Å². The molecule has 1 N–H and O–H groups in total. The van der Waals surface area contributed by atoms with Crippen molar-refractivity contribution >= 4 is 5.97 Å². The number of carbonyl (C=O) groups excluding carboxylic acids is 1. The second-order valence-electron chi connectivity index (χ2n) is 4.16. The average molecular weight is 215 g/mol. The molecule has 0 saturated carbocycles. The van der Waals surface area contributed by atoms with Gasteiger partial charge in [-0.15, -0.1) is 0 Å². The van der Waals surface area contributed by atoms with Crippen LogP contribution in [-0.4, -0.2) is 48.3 Å². The average Bonchev–Trinajstić information content (AvgIpc) is 2.00. The Labute approximate surface area is 91.5 Å². The van der Waals surface area contributed by atoms with Crippen molar-refractivity contribution < 1.29 is 14.6 Å². The highest BCUT2D eigenvalue weighted by Gasteiger charge is 2.14. The molecule has 0 fully saturated rings. The zero-order chi connectivity index (χ0) is 11.9. The van der Waals surface area contributed by atoms with Crippen LogP contribution in [0.2, 0.25) is 0 Å². The molecule has 4 nitrogen and oxygen atoms in total. The molecule has 88 valence electrons. The molecule has 0 unspecified atom stereocenters. The zero-order valence-electron chi connectivity index (χ0n) is 9.99. The van der Waals surface area contributed by atoms with Crippen LogP contribution >= 0.6 is 0 Å². The number of ether oxygens (including phenoxy) is 1. The summed E-state index contributed by atoms with van der Waals surface area (Å²) in [6.45, 7) is 6.83. The summed E-state index contributed by atoms with van der Waals surface area (Å²) < 4.78 is 4.73. The number of likely N-dealkylation sites (N-methyl/N-ethyl adjacent to an activating group) is 1. The third-order valence-electron chi connectivity index (χ3n) is 1.61. The van der Waals surface area contributed by atoms with E-state index in [9.17, 15) is 9.90 Å². The molecule has 0 aromatic rings. The van der Waals surface area contributed by atoms with Gasteiger partial charge in [0.15, 0.2) is 0 Å². The predicted molar refractivity (Wildman–Crippen MR) is 59.6 cm³/mol. The standard InChI is InChI=1S/C11H21NO3/c1-5-15-10(13)7-6-8-12(4)9-11(2,3)14/h6-7,14H,5,8-9H2,1-4H3/b7-6+.